The molecule has 0 aliphatic carbocycles. The van der Waals surface area contributed by atoms with Crippen molar-refractivity contribution in [3.63, 3.8) is 0 Å². The molecule has 7 heteroatoms. The summed E-state index contributed by atoms with van der Waals surface area (Å²) in [5, 5.41) is 20.2. The third-order valence-electron chi connectivity index (χ3n) is 2.03. The number of nitrogens with zero attached hydrogens (tertiary/aromatic N) is 1. The van der Waals surface area contributed by atoms with Crippen LogP contribution >= 0.6 is 11.8 Å². The molecule has 0 fully saturated rings. The van der Waals surface area contributed by atoms with Gasteiger partial charge in [-0.3, -0.25) is 19.7 Å². The van der Waals surface area contributed by atoms with Gasteiger partial charge in [-0.15, -0.1) is 0 Å². The van der Waals surface area contributed by atoms with Crippen molar-refractivity contribution in [1.29, 1.82) is 0 Å². The highest BCUT2D eigenvalue weighted by atomic mass is 32.2. The van der Waals surface area contributed by atoms with Crippen molar-refractivity contribution >= 4 is 28.9 Å². The normalized spacial score (nSPS) is 9.32. The van der Waals surface area contributed by atoms with Crippen molar-refractivity contribution in [1.82, 2.24) is 0 Å². The van der Waals surface area contributed by atoms with Gasteiger partial charge in [0.15, 0.2) is 11.4 Å². The summed E-state index contributed by atoms with van der Waals surface area (Å²) >= 11 is 0.979. The molecule has 0 bridgehead atoms. The molecule has 0 radical (unpaired) electrons. The Kier molecular flexibility index (Phi) is 5.09. The minimum Gasteiger partial charge on any atom is -0.506 e. The molecule has 0 saturated heterocycles. The number of phenolic OH excluding ortho intramolecular Hbond substituents is 1. The van der Waals surface area contributed by atoms with E-state index in [4.69, 9.17) is 0 Å². The lowest BCUT2D eigenvalue weighted by molar-refractivity contribution is -0.384. The zero-order valence-corrected chi connectivity index (χ0v) is 10.7. The van der Waals surface area contributed by atoms with Crippen molar-refractivity contribution in [2.75, 3.05) is 5.75 Å². The van der Waals surface area contributed by atoms with E-state index < -0.39 is 10.7 Å². The first-order valence-electron chi connectivity index (χ1n) is 5.04. The average molecular weight is 279 g/mol. The van der Waals surface area contributed by atoms with E-state index >= 15 is 0 Å². The van der Waals surface area contributed by atoms with Gasteiger partial charge in [-0.25, -0.2) is 0 Å². The van der Waals surface area contributed by atoms with Crippen molar-refractivity contribution in [2.24, 2.45) is 0 Å². The monoisotopic (exact) mass is 279 g/mol. The number of nitro benzene ring substituents is 1. The Morgan fingerprint density at radius 3 is 2.79 bits per heavy atom. The van der Waals surface area contributed by atoms with Crippen LogP contribution in [0, 0.1) is 22.0 Å². The molecule has 0 unspecified atom stereocenters. The number of rotatable bonds is 3. The zero-order chi connectivity index (χ0) is 14.4. The molecular formula is C12H9NO5S. The van der Waals surface area contributed by atoms with Gasteiger partial charge in [0.1, 0.15) is 5.75 Å². The zero-order valence-electron chi connectivity index (χ0n) is 9.87. The predicted molar refractivity (Wildman–Crippen MR) is 70.2 cm³/mol. The fourth-order valence-electron chi connectivity index (χ4n) is 1.20. The number of non-ortho nitro benzene ring substituents is 1. The van der Waals surface area contributed by atoms with Crippen LogP contribution in [0.2, 0.25) is 0 Å². The molecule has 1 N–H and O–H groups in total. The molecule has 0 heterocycles. The fraction of sp³-hybridized carbons (Fsp3) is 0.167. The van der Waals surface area contributed by atoms with E-state index in [0.717, 1.165) is 23.9 Å². The number of thioether (sulfide) groups is 1. The summed E-state index contributed by atoms with van der Waals surface area (Å²) in [5.41, 5.74) is -0.540. The Bertz CT molecular complexity index is 600. The van der Waals surface area contributed by atoms with Crippen LogP contribution in [0.3, 0.4) is 0 Å². The number of carbonyl (C=O) groups excluding carboxylic acids is 2. The minimum absolute atomic E-state index is 0.0135. The van der Waals surface area contributed by atoms with E-state index in [1.807, 2.05) is 0 Å². The Morgan fingerprint density at radius 1 is 1.58 bits per heavy atom. The van der Waals surface area contributed by atoms with E-state index in [2.05, 4.69) is 11.8 Å². The SMILES string of the molecule is CC(=O)SCC#Cc1cc([N+](=O)[O-])cc(C=O)c1O. The molecule has 0 atom stereocenters. The van der Waals surface area contributed by atoms with Crippen LogP contribution in [0.4, 0.5) is 5.69 Å². The molecule has 1 rings (SSSR count). The summed E-state index contributed by atoms with van der Waals surface area (Å²) in [6.45, 7) is 1.39. The van der Waals surface area contributed by atoms with Gasteiger partial charge in [-0.05, 0) is 0 Å². The summed E-state index contributed by atoms with van der Waals surface area (Å²) in [7, 11) is 0. The van der Waals surface area contributed by atoms with E-state index in [1.54, 1.807) is 0 Å². The topological polar surface area (TPSA) is 97.5 Å². The molecule has 0 amide bonds. The molecule has 0 aliphatic rings. The number of benzene rings is 1. The highest BCUT2D eigenvalue weighted by Gasteiger charge is 2.14. The highest BCUT2D eigenvalue weighted by Crippen LogP contribution is 2.26. The molecule has 19 heavy (non-hydrogen) atoms. The molecular weight excluding hydrogens is 270 g/mol. The van der Waals surface area contributed by atoms with Gasteiger partial charge < -0.3 is 5.11 Å². The second-order valence-corrected chi connectivity index (χ2v) is 4.54. The molecule has 1 aromatic carbocycles. The Balaban J connectivity index is 3.11. The first-order valence-corrected chi connectivity index (χ1v) is 6.03. The molecule has 0 aromatic heterocycles. The largest absolute Gasteiger partial charge is 0.506 e. The maximum atomic E-state index is 10.7. The molecule has 0 saturated carbocycles. The number of aldehydes is 1. The maximum absolute atomic E-state index is 10.7. The molecule has 0 spiro atoms. The van der Waals surface area contributed by atoms with E-state index in [9.17, 15) is 24.8 Å². The maximum Gasteiger partial charge on any atom is 0.271 e. The third-order valence-corrected chi connectivity index (χ3v) is 2.73. The van der Waals surface area contributed by atoms with Crippen LogP contribution in [0.25, 0.3) is 0 Å². The van der Waals surface area contributed by atoms with Crippen LogP contribution in [-0.4, -0.2) is 27.2 Å². The predicted octanol–water partition coefficient (Wildman–Crippen LogP) is 1.74. The molecule has 0 aliphatic heterocycles. The van der Waals surface area contributed by atoms with E-state index in [0.29, 0.717) is 6.29 Å². The third kappa shape index (κ3) is 4.12. The first-order chi connectivity index (χ1) is 8.95. The molecule has 6 nitrogen and oxygen atoms in total. The standard InChI is InChI=1S/C12H9NO5S/c1-8(15)19-4-2-3-9-5-11(13(17)18)6-10(7-14)12(9)16/h5-7,16H,4H2,1H3. The minimum atomic E-state index is -0.679. The van der Waals surface area contributed by atoms with Gasteiger partial charge in [0.2, 0.25) is 0 Å². The van der Waals surface area contributed by atoms with Crippen LogP contribution in [-0.2, 0) is 4.79 Å². The van der Waals surface area contributed by atoms with Crippen LogP contribution in [0.5, 0.6) is 5.75 Å². The van der Waals surface area contributed by atoms with Gasteiger partial charge in [0, 0.05) is 19.1 Å². The van der Waals surface area contributed by atoms with Gasteiger partial charge in [-0.2, -0.15) is 0 Å². The number of phenols is 1. The number of hydrogen-bond acceptors (Lipinski definition) is 6. The van der Waals surface area contributed by atoms with Crippen LogP contribution < -0.4 is 0 Å². The van der Waals surface area contributed by atoms with Crippen molar-refractivity contribution in [3.8, 4) is 17.6 Å². The second-order valence-electron chi connectivity index (χ2n) is 3.39. The van der Waals surface area contributed by atoms with Crippen molar-refractivity contribution < 1.29 is 19.6 Å². The number of aromatic hydroxyl groups is 1. The van der Waals surface area contributed by atoms with Crippen LogP contribution in [0.1, 0.15) is 22.8 Å². The Labute approximate surface area is 113 Å². The molecule has 1 aromatic rings. The second kappa shape index (κ2) is 6.56. The van der Waals surface area contributed by atoms with E-state index in [-0.39, 0.29) is 27.7 Å². The lowest BCUT2D eigenvalue weighted by Gasteiger charge is -2.00. The molecule has 98 valence electrons. The lowest BCUT2D eigenvalue weighted by Crippen LogP contribution is -1.93. The average Bonchev–Trinajstić information content (AvgIpc) is 2.35. The summed E-state index contributed by atoms with van der Waals surface area (Å²) < 4.78 is 0. The quantitative estimate of drug-likeness (QED) is 0.392. The lowest BCUT2D eigenvalue weighted by atomic mass is 10.1. The summed E-state index contributed by atoms with van der Waals surface area (Å²) in [6, 6.07) is 2.05. The Morgan fingerprint density at radius 2 is 2.26 bits per heavy atom. The number of hydrogen-bond donors (Lipinski definition) is 1. The fourth-order valence-corrected chi connectivity index (χ4v) is 1.55. The summed E-state index contributed by atoms with van der Waals surface area (Å²) in [4.78, 5) is 31.4. The van der Waals surface area contributed by atoms with E-state index in [1.165, 1.54) is 6.92 Å². The summed E-state index contributed by atoms with van der Waals surface area (Å²) in [6.07, 6.45) is 0.317. The Hall–Kier alpha value is -2.33. The first kappa shape index (κ1) is 14.7. The van der Waals surface area contributed by atoms with Crippen molar-refractivity contribution in [3.05, 3.63) is 33.4 Å². The summed E-state index contributed by atoms with van der Waals surface area (Å²) in [5.74, 6) is 4.89. The van der Waals surface area contributed by atoms with Crippen LogP contribution in [0.15, 0.2) is 12.1 Å². The van der Waals surface area contributed by atoms with Gasteiger partial charge in [0.05, 0.1) is 21.8 Å². The number of carbonyl (C=O) groups is 2. The van der Waals surface area contributed by atoms with Gasteiger partial charge in [-0.1, -0.05) is 23.6 Å². The van der Waals surface area contributed by atoms with Gasteiger partial charge >= 0.3 is 0 Å². The number of nitro groups is 1. The van der Waals surface area contributed by atoms with Crippen molar-refractivity contribution in [2.45, 2.75) is 6.92 Å². The smallest absolute Gasteiger partial charge is 0.271 e. The van der Waals surface area contributed by atoms with Gasteiger partial charge in [0.25, 0.3) is 5.69 Å². The highest BCUT2D eigenvalue weighted by molar-refractivity contribution is 8.13.